The minimum Gasteiger partial charge on any atom is -0.351 e. The lowest BCUT2D eigenvalue weighted by molar-refractivity contribution is -0.119. The van der Waals surface area contributed by atoms with Gasteiger partial charge in [0.05, 0.1) is 12.4 Å². The van der Waals surface area contributed by atoms with Crippen molar-refractivity contribution in [1.29, 1.82) is 0 Å². The Morgan fingerprint density at radius 2 is 1.89 bits per heavy atom. The van der Waals surface area contributed by atoms with Crippen LogP contribution >= 0.6 is 0 Å². The zero-order chi connectivity index (χ0) is 12.6. The molecule has 18 heavy (non-hydrogen) atoms. The fraction of sp³-hybridized carbons (Fsp3) is 0.583. The lowest BCUT2D eigenvalue weighted by Gasteiger charge is -2.39. The third-order valence-corrected chi connectivity index (χ3v) is 3.85. The van der Waals surface area contributed by atoms with Gasteiger partial charge in [-0.1, -0.05) is 0 Å². The summed E-state index contributed by atoms with van der Waals surface area (Å²) in [6.07, 6.45) is 5.73. The van der Waals surface area contributed by atoms with Gasteiger partial charge < -0.3 is 10.2 Å². The first-order chi connectivity index (χ1) is 8.67. The summed E-state index contributed by atoms with van der Waals surface area (Å²) < 4.78 is 12.7. The number of amides is 1. The molecule has 3 heterocycles. The van der Waals surface area contributed by atoms with Gasteiger partial charge in [0, 0.05) is 25.0 Å². The topological polar surface area (TPSA) is 58.1 Å². The van der Waals surface area contributed by atoms with Gasteiger partial charge in [-0.2, -0.15) is 0 Å². The number of halogens is 1. The molecule has 0 unspecified atom stereocenters. The Labute approximate surface area is 104 Å². The molecule has 0 aromatic carbocycles. The molecule has 2 saturated heterocycles. The molecule has 2 fully saturated rings. The maximum absolute atomic E-state index is 12.7. The van der Waals surface area contributed by atoms with E-state index in [1.165, 1.54) is 12.4 Å². The van der Waals surface area contributed by atoms with Crippen LogP contribution in [-0.4, -0.2) is 34.5 Å². The van der Waals surface area contributed by atoms with Gasteiger partial charge in [-0.15, -0.1) is 0 Å². The summed E-state index contributed by atoms with van der Waals surface area (Å²) >= 11 is 0. The zero-order valence-corrected chi connectivity index (χ0v) is 10.0. The van der Waals surface area contributed by atoms with Crippen LogP contribution in [-0.2, 0) is 4.79 Å². The van der Waals surface area contributed by atoms with Gasteiger partial charge in [-0.25, -0.2) is 14.4 Å². The number of hydrogen-bond acceptors (Lipinski definition) is 4. The van der Waals surface area contributed by atoms with Gasteiger partial charge >= 0.3 is 0 Å². The molecule has 0 aliphatic carbocycles. The molecule has 2 aliphatic rings. The lowest BCUT2D eigenvalue weighted by atomic mass is 9.86. The number of piperidine rings is 1. The van der Waals surface area contributed by atoms with Gasteiger partial charge in [0.1, 0.15) is 0 Å². The van der Waals surface area contributed by atoms with Crippen molar-refractivity contribution < 1.29 is 9.18 Å². The normalized spacial score (nSPS) is 22.3. The molecular formula is C12H15FN4O. The molecule has 1 spiro atoms. The monoisotopic (exact) mass is 250 g/mol. The van der Waals surface area contributed by atoms with Gasteiger partial charge in [0.2, 0.25) is 11.9 Å². The summed E-state index contributed by atoms with van der Waals surface area (Å²) in [4.78, 5) is 21.3. The van der Waals surface area contributed by atoms with Crippen molar-refractivity contribution in [2.45, 2.75) is 31.2 Å². The molecule has 0 bridgehead atoms. The molecule has 96 valence electrons. The van der Waals surface area contributed by atoms with Crippen LogP contribution < -0.4 is 10.2 Å². The van der Waals surface area contributed by atoms with Crippen LogP contribution in [0.2, 0.25) is 0 Å². The van der Waals surface area contributed by atoms with Crippen molar-refractivity contribution in [2.24, 2.45) is 0 Å². The van der Waals surface area contributed by atoms with Crippen LogP contribution in [0.15, 0.2) is 12.4 Å². The van der Waals surface area contributed by atoms with Gasteiger partial charge in [0.15, 0.2) is 5.82 Å². The van der Waals surface area contributed by atoms with Gasteiger partial charge in [-0.3, -0.25) is 4.79 Å². The van der Waals surface area contributed by atoms with Crippen LogP contribution in [0.1, 0.15) is 25.7 Å². The first-order valence-corrected chi connectivity index (χ1v) is 6.20. The van der Waals surface area contributed by atoms with E-state index in [1.807, 2.05) is 4.90 Å². The number of carbonyl (C=O) groups is 1. The van der Waals surface area contributed by atoms with Gasteiger partial charge in [0.25, 0.3) is 0 Å². The quantitative estimate of drug-likeness (QED) is 0.803. The zero-order valence-electron chi connectivity index (χ0n) is 10.0. The predicted octanol–water partition coefficient (Wildman–Crippen LogP) is 0.865. The molecule has 1 aromatic heterocycles. The molecule has 1 aromatic rings. The molecule has 0 radical (unpaired) electrons. The molecule has 6 heteroatoms. The molecule has 3 rings (SSSR count). The van der Waals surface area contributed by atoms with E-state index < -0.39 is 5.82 Å². The fourth-order valence-corrected chi connectivity index (χ4v) is 2.75. The Morgan fingerprint density at radius 1 is 1.22 bits per heavy atom. The highest BCUT2D eigenvalue weighted by molar-refractivity contribution is 5.79. The minimum atomic E-state index is -0.421. The molecular weight excluding hydrogens is 235 g/mol. The van der Waals surface area contributed by atoms with Crippen LogP contribution in [0.5, 0.6) is 0 Å². The number of hydrogen-bond donors (Lipinski definition) is 1. The molecule has 0 atom stereocenters. The van der Waals surface area contributed by atoms with E-state index in [4.69, 9.17) is 0 Å². The van der Waals surface area contributed by atoms with Crippen LogP contribution in [0.4, 0.5) is 10.3 Å². The SMILES string of the molecule is O=C1CCC2(CCN(c3ncc(F)cn3)CC2)N1. The van der Waals surface area contributed by atoms with E-state index in [-0.39, 0.29) is 11.4 Å². The van der Waals surface area contributed by atoms with Crippen LogP contribution in [0.3, 0.4) is 0 Å². The van der Waals surface area contributed by atoms with Crippen LogP contribution in [0.25, 0.3) is 0 Å². The van der Waals surface area contributed by atoms with Gasteiger partial charge in [-0.05, 0) is 19.3 Å². The Kier molecular flexibility index (Phi) is 2.65. The van der Waals surface area contributed by atoms with Crippen molar-refractivity contribution in [3.05, 3.63) is 18.2 Å². The summed E-state index contributed by atoms with van der Waals surface area (Å²) in [7, 11) is 0. The fourth-order valence-electron chi connectivity index (χ4n) is 2.75. The average Bonchev–Trinajstić information content (AvgIpc) is 2.73. The lowest BCUT2D eigenvalue weighted by Crippen LogP contribution is -2.51. The highest BCUT2D eigenvalue weighted by Gasteiger charge is 2.40. The Balaban J connectivity index is 1.66. The number of nitrogens with one attached hydrogen (secondary N) is 1. The third-order valence-electron chi connectivity index (χ3n) is 3.85. The maximum Gasteiger partial charge on any atom is 0.225 e. The molecule has 5 nitrogen and oxygen atoms in total. The molecule has 0 saturated carbocycles. The van der Waals surface area contributed by atoms with E-state index in [0.29, 0.717) is 12.4 Å². The summed E-state index contributed by atoms with van der Waals surface area (Å²) in [5, 5.41) is 3.08. The number of nitrogens with zero attached hydrogens (tertiary/aromatic N) is 3. The van der Waals surface area contributed by atoms with Crippen molar-refractivity contribution >= 4 is 11.9 Å². The summed E-state index contributed by atoms with van der Waals surface area (Å²) in [5.41, 5.74) is -0.0202. The standard InChI is InChI=1S/C12H15FN4O/c13-9-7-14-11(15-8-9)17-5-3-12(4-6-17)2-1-10(18)16-12/h7-8H,1-6H2,(H,16,18). The summed E-state index contributed by atoms with van der Waals surface area (Å²) in [6, 6.07) is 0. The first kappa shape index (κ1) is 11.4. The average molecular weight is 250 g/mol. The second-order valence-corrected chi connectivity index (χ2v) is 5.02. The molecule has 1 amide bonds. The third kappa shape index (κ3) is 2.02. The second kappa shape index (κ2) is 4.19. The maximum atomic E-state index is 12.7. The number of aromatic nitrogens is 2. The number of carbonyl (C=O) groups excluding carboxylic acids is 1. The van der Waals surface area contributed by atoms with E-state index >= 15 is 0 Å². The van der Waals surface area contributed by atoms with Crippen molar-refractivity contribution in [1.82, 2.24) is 15.3 Å². The van der Waals surface area contributed by atoms with E-state index in [1.54, 1.807) is 0 Å². The Hall–Kier alpha value is -1.72. The van der Waals surface area contributed by atoms with E-state index in [9.17, 15) is 9.18 Å². The van der Waals surface area contributed by atoms with Crippen molar-refractivity contribution in [3.8, 4) is 0 Å². The minimum absolute atomic E-state index is 0.0202. The van der Waals surface area contributed by atoms with E-state index in [2.05, 4.69) is 15.3 Å². The second-order valence-electron chi connectivity index (χ2n) is 5.02. The first-order valence-electron chi connectivity index (χ1n) is 6.20. The number of rotatable bonds is 1. The van der Waals surface area contributed by atoms with Crippen molar-refractivity contribution in [2.75, 3.05) is 18.0 Å². The summed E-state index contributed by atoms with van der Waals surface area (Å²) in [5.74, 6) is 0.298. The smallest absolute Gasteiger partial charge is 0.225 e. The molecule has 1 N–H and O–H groups in total. The van der Waals surface area contributed by atoms with E-state index in [0.717, 1.165) is 32.4 Å². The highest BCUT2D eigenvalue weighted by Crippen LogP contribution is 2.32. The number of anilines is 1. The summed E-state index contributed by atoms with van der Waals surface area (Å²) in [6.45, 7) is 1.60. The Morgan fingerprint density at radius 3 is 2.44 bits per heavy atom. The molecule has 2 aliphatic heterocycles. The van der Waals surface area contributed by atoms with Crippen molar-refractivity contribution in [3.63, 3.8) is 0 Å². The van der Waals surface area contributed by atoms with Crippen LogP contribution in [0, 0.1) is 5.82 Å². The Bertz CT molecular complexity index is 454. The predicted molar refractivity (Wildman–Crippen MR) is 63.5 cm³/mol. The highest BCUT2D eigenvalue weighted by atomic mass is 19.1. The largest absolute Gasteiger partial charge is 0.351 e.